The predicted octanol–water partition coefficient (Wildman–Crippen LogP) is 1.90. The van der Waals surface area contributed by atoms with Gasteiger partial charge in [0, 0.05) is 7.05 Å². The van der Waals surface area contributed by atoms with Crippen LogP contribution in [0, 0.1) is 0 Å². The number of amides is 1. The molecule has 116 valence electrons. The van der Waals surface area contributed by atoms with Crippen LogP contribution in [0.1, 0.15) is 18.5 Å². The minimum atomic E-state index is -3.03. The number of halogens is 2. The number of likely N-dealkylation sites (N-methyl/N-ethyl adjacent to an activating group) is 1. The molecule has 0 heterocycles. The number of nitrogens with zero attached hydrogens (tertiary/aromatic N) is 1. The zero-order valence-electron chi connectivity index (χ0n) is 11.5. The fourth-order valence-electron chi connectivity index (χ4n) is 1.77. The number of benzene rings is 1. The third kappa shape index (κ3) is 4.30. The molecule has 1 rings (SSSR count). The maximum absolute atomic E-state index is 12.3. The van der Waals surface area contributed by atoms with E-state index in [4.69, 9.17) is 4.74 Å². The summed E-state index contributed by atoms with van der Waals surface area (Å²) in [7, 11) is 1.30. The molecule has 1 amide bonds. The summed E-state index contributed by atoms with van der Waals surface area (Å²) in [6.07, 6.45) is 0.364. The molecule has 0 aliphatic rings. The highest BCUT2D eigenvalue weighted by Crippen LogP contribution is 2.33. The summed E-state index contributed by atoms with van der Waals surface area (Å²) < 4.78 is 34.0. The maximum Gasteiger partial charge on any atom is 0.387 e. The first-order valence-electron chi connectivity index (χ1n) is 6.02. The topological polar surface area (TPSA) is 76.1 Å². The number of ether oxygens (including phenoxy) is 2. The number of carbonyl (C=O) groups is 2. The van der Waals surface area contributed by atoms with Crippen LogP contribution < -0.4 is 9.47 Å². The number of carbonyl (C=O) groups excluding carboxylic acids is 1. The molecule has 0 radical (unpaired) electrons. The number of alkyl halides is 2. The Morgan fingerprint density at radius 3 is 2.57 bits per heavy atom. The summed E-state index contributed by atoms with van der Waals surface area (Å²) in [6, 6.07) is 2.49. The number of hydrogen-bond acceptors (Lipinski definition) is 4. The van der Waals surface area contributed by atoms with E-state index in [1.54, 1.807) is 6.92 Å². The van der Waals surface area contributed by atoms with E-state index in [0.29, 0.717) is 6.41 Å². The molecule has 1 aromatic rings. The Morgan fingerprint density at radius 1 is 1.43 bits per heavy atom. The summed E-state index contributed by atoms with van der Waals surface area (Å²) in [5.41, 5.74) is 0.210. The molecule has 0 aliphatic carbocycles. The lowest BCUT2D eigenvalue weighted by Crippen LogP contribution is -2.29. The molecule has 0 bridgehead atoms. The number of carboxylic acid groups (broad SMARTS) is 1. The maximum atomic E-state index is 12.3. The zero-order valence-corrected chi connectivity index (χ0v) is 11.5. The molecular weight excluding hydrogens is 288 g/mol. The van der Waals surface area contributed by atoms with Crippen molar-refractivity contribution in [1.29, 1.82) is 0 Å². The summed E-state index contributed by atoms with van der Waals surface area (Å²) in [5, 5.41) is 9.17. The average Bonchev–Trinajstić information content (AvgIpc) is 2.41. The van der Waals surface area contributed by atoms with E-state index in [2.05, 4.69) is 4.74 Å². The van der Waals surface area contributed by atoms with Crippen molar-refractivity contribution in [2.45, 2.75) is 19.6 Å². The van der Waals surface area contributed by atoms with Gasteiger partial charge in [0.1, 0.15) is 0 Å². The number of aliphatic carboxylic acids is 1. The van der Waals surface area contributed by atoms with Crippen LogP contribution in [0.3, 0.4) is 0 Å². The molecule has 0 spiro atoms. The molecule has 0 saturated carbocycles. The second-order valence-corrected chi connectivity index (χ2v) is 4.03. The normalized spacial score (nSPS) is 11.9. The van der Waals surface area contributed by atoms with E-state index >= 15 is 0 Å². The van der Waals surface area contributed by atoms with Crippen LogP contribution in [0.15, 0.2) is 18.2 Å². The Balaban J connectivity index is 3.21. The van der Waals surface area contributed by atoms with E-state index in [9.17, 15) is 23.5 Å². The fraction of sp³-hybridized carbons (Fsp3) is 0.385. The van der Waals surface area contributed by atoms with Crippen LogP contribution in [0.25, 0.3) is 0 Å². The van der Waals surface area contributed by atoms with Crippen molar-refractivity contribution in [3.05, 3.63) is 23.8 Å². The summed E-state index contributed by atoms with van der Waals surface area (Å²) in [5.74, 6) is -1.47. The Bertz CT molecular complexity index is 509. The second-order valence-electron chi connectivity index (χ2n) is 4.03. The predicted molar refractivity (Wildman–Crippen MR) is 68.4 cm³/mol. The molecule has 1 unspecified atom stereocenters. The highest BCUT2D eigenvalue weighted by molar-refractivity contribution is 5.78. The standard InChI is InChI=1S/C13H15F2NO5/c1-3-20-10-6-8(4-5-9(10)21-13(14)15)11(12(18)19)16(2)7-17/h4-7,11,13H,3H2,1-2H3,(H,18,19). The average molecular weight is 303 g/mol. The molecule has 0 fully saturated rings. The van der Waals surface area contributed by atoms with Gasteiger partial charge < -0.3 is 19.5 Å². The van der Waals surface area contributed by atoms with E-state index in [1.165, 1.54) is 25.2 Å². The van der Waals surface area contributed by atoms with Gasteiger partial charge in [-0.3, -0.25) is 4.79 Å². The van der Waals surface area contributed by atoms with Gasteiger partial charge in [-0.05, 0) is 24.6 Å². The van der Waals surface area contributed by atoms with Crippen LogP contribution in [0.2, 0.25) is 0 Å². The molecule has 1 aromatic carbocycles. The van der Waals surface area contributed by atoms with Crippen LogP contribution in [0.4, 0.5) is 8.78 Å². The Labute approximate surface area is 119 Å². The van der Waals surface area contributed by atoms with Crippen LogP contribution in [0.5, 0.6) is 11.5 Å². The van der Waals surface area contributed by atoms with Crippen molar-refractivity contribution in [2.75, 3.05) is 13.7 Å². The van der Waals surface area contributed by atoms with Crippen molar-refractivity contribution >= 4 is 12.4 Å². The zero-order chi connectivity index (χ0) is 16.0. The largest absolute Gasteiger partial charge is 0.490 e. The third-order valence-electron chi connectivity index (χ3n) is 2.61. The SMILES string of the molecule is CCOc1cc(C(C(=O)O)N(C)C=O)ccc1OC(F)F. The first kappa shape index (κ1) is 16.7. The van der Waals surface area contributed by atoms with E-state index < -0.39 is 18.6 Å². The van der Waals surface area contributed by atoms with Gasteiger partial charge in [-0.1, -0.05) is 6.07 Å². The summed E-state index contributed by atoms with van der Waals surface area (Å²) >= 11 is 0. The molecule has 0 saturated heterocycles. The first-order chi connectivity index (χ1) is 9.90. The molecular formula is C13H15F2NO5. The summed E-state index contributed by atoms with van der Waals surface area (Å²) in [4.78, 5) is 22.9. The molecule has 1 atom stereocenters. The van der Waals surface area contributed by atoms with Crippen molar-refractivity contribution < 1.29 is 33.0 Å². The van der Waals surface area contributed by atoms with Crippen molar-refractivity contribution in [2.24, 2.45) is 0 Å². The number of hydrogen-bond donors (Lipinski definition) is 1. The third-order valence-corrected chi connectivity index (χ3v) is 2.61. The van der Waals surface area contributed by atoms with E-state index in [-0.39, 0.29) is 23.7 Å². The van der Waals surface area contributed by atoms with Gasteiger partial charge in [0.15, 0.2) is 17.5 Å². The monoisotopic (exact) mass is 303 g/mol. The Morgan fingerprint density at radius 2 is 2.10 bits per heavy atom. The van der Waals surface area contributed by atoms with Crippen LogP contribution in [-0.4, -0.2) is 42.7 Å². The van der Waals surface area contributed by atoms with E-state index in [0.717, 1.165) is 4.90 Å². The molecule has 6 nitrogen and oxygen atoms in total. The molecule has 8 heteroatoms. The smallest absolute Gasteiger partial charge is 0.387 e. The number of carboxylic acids is 1. The molecule has 0 aromatic heterocycles. The lowest BCUT2D eigenvalue weighted by molar-refractivity contribution is -0.145. The second kappa shape index (κ2) is 7.41. The Hall–Kier alpha value is -2.38. The first-order valence-corrected chi connectivity index (χ1v) is 6.02. The van der Waals surface area contributed by atoms with Gasteiger partial charge in [0.2, 0.25) is 6.41 Å². The van der Waals surface area contributed by atoms with Gasteiger partial charge >= 0.3 is 12.6 Å². The lowest BCUT2D eigenvalue weighted by Gasteiger charge is -2.22. The van der Waals surface area contributed by atoms with Gasteiger partial charge in [0.05, 0.1) is 6.61 Å². The van der Waals surface area contributed by atoms with Crippen molar-refractivity contribution in [1.82, 2.24) is 4.90 Å². The van der Waals surface area contributed by atoms with Gasteiger partial charge in [0.25, 0.3) is 0 Å². The minimum Gasteiger partial charge on any atom is -0.490 e. The lowest BCUT2D eigenvalue weighted by atomic mass is 10.1. The summed E-state index contributed by atoms with van der Waals surface area (Å²) in [6.45, 7) is -1.20. The molecule has 1 N–H and O–H groups in total. The van der Waals surface area contributed by atoms with Gasteiger partial charge in [-0.2, -0.15) is 8.78 Å². The van der Waals surface area contributed by atoms with Gasteiger partial charge in [-0.25, -0.2) is 4.79 Å². The van der Waals surface area contributed by atoms with E-state index in [1.807, 2.05) is 0 Å². The van der Waals surface area contributed by atoms with Gasteiger partial charge in [-0.15, -0.1) is 0 Å². The van der Waals surface area contributed by atoms with Crippen LogP contribution in [-0.2, 0) is 9.59 Å². The highest BCUT2D eigenvalue weighted by Gasteiger charge is 2.25. The van der Waals surface area contributed by atoms with Crippen LogP contribution >= 0.6 is 0 Å². The quantitative estimate of drug-likeness (QED) is 0.742. The minimum absolute atomic E-state index is 0.0131. The Kier molecular flexibility index (Phi) is 5.89. The molecule has 21 heavy (non-hydrogen) atoms. The van der Waals surface area contributed by atoms with Crippen molar-refractivity contribution in [3.8, 4) is 11.5 Å². The molecule has 0 aliphatic heterocycles. The highest BCUT2D eigenvalue weighted by atomic mass is 19.3. The van der Waals surface area contributed by atoms with Crippen molar-refractivity contribution in [3.63, 3.8) is 0 Å². The number of rotatable bonds is 8. The fourth-order valence-corrected chi connectivity index (χ4v) is 1.77.